The first-order valence-corrected chi connectivity index (χ1v) is 9.23. The number of rotatable bonds is 4. The van der Waals surface area contributed by atoms with Gasteiger partial charge >= 0.3 is 0 Å². The highest BCUT2D eigenvalue weighted by atomic mass is 16.3. The Morgan fingerprint density at radius 2 is 2.04 bits per heavy atom. The van der Waals surface area contributed by atoms with Crippen LogP contribution in [-0.2, 0) is 0 Å². The first-order chi connectivity index (χ1) is 13.1. The number of nitrogens with one attached hydrogen (secondary N) is 2. The van der Waals surface area contributed by atoms with Gasteiger partial charge in [-0.2, -0.15) is 5.10 Å². The summed E-state index contributed by atoms with van der Waals surface area (Å²) >= 11 is 0. The van der Waals surface area contributed by atoms with Crippen LogP contribution in [0.15, 0.2) is 42.7 Å². The maximum absolute atomic E-state index is 10.4. The average Bonchev–Trinajstić information content (AvgIpc) is 3.23. The molecule has 2 atom stereocenters. The molecular formula is C20H24N6O. The van der Waals surface area contributed by atoms with Crippen LogP contribution in [0.5, 0.6) is 5.75 Å². The summed E-state index contributed by atoms with van der Waals surface area (Å²) in [6.45, 7) is 4.31. The monoisotopic (exact) mass is 364 g/mol. The molecule has 1 aliphatic heterocycles. The lowest BCUT2D eigenvalue weighted by molar-refractivity contribution is 0.338. The van der Waals surface area contributed by atoms with Crippen LogP contribution in [0.1, 0.15) is 13.3 Å². The summed E-state index contributed by atoms with van der Waals surface area (Å²) in [6, 6.07) is 9.86. The van der Waals surface area contributed by atoms with E-state index < -0.39 is 0 Å². The highest BCUT2D eigenvalue weighted by Crippen LogP contribution is 2.32. The van der Waals surface area contributed by atoms with E-state index in [0.29, 0.717) is 23.2 Å². The molecule has 1 aliphatic rings. The van der Waals surface area contributed by atoms with Gasteiger partial charge in [-0.1, -0.05) is 13.0 Å². The summed E-state index contributed by atoms with van der Waals surface area (Å²) in [7, 11) is 2.08. The molecule has 0 radical (unpaired) electrons. The number of nitrogens with zero attached hydrogens (tertiary/aromatic N) is 4. The van der Waals surface area contributed by atoms with E-state index in [4.69, 9.17) is 0 Å². The number of aromatic hydroxyl groups is 1. The number of aromatic nitrogens is 4. The number of anilines is 1. The molecule has 7 heteroatoms. The SMILES string of the molecule is C[C@@H]1CNCC[C@H]1N(C)c1ccc(-c2ccc(-c3cn[nH]c3)cc2O)nn1. The zero-order chi connectivity index (χ0) is 18.8. The van der Waals surface area contributed by atoms with Gasteiger partial charge in [0.1, 0.15) is 5.75 Å². The number of benzene rings is 1. The molecule has 3 heterocycles. The Balaban J connectivity index is 1.55. The van der Waals surface area contributed by atoms with Gasteiger partial charge in [0, 0.05) is 30.4 Å². The number of aromatic amines is 1. The number of piperidine rings is 1. The molecule has 3 aromatic rings. The molecular weight excluding hydrogens is 340 g/mol. The van der Waals surface area contributed by atoms with Crippen molar-refractivity contribution in [3.63, 3.8) is 0 Å². The second-order valence-corrected chi connectivity index (χ2v) is 7.14. The van der Waals surface area contributed by atoms with Crippen molar-refractivity contribution in [2.24, 2.45) is 5.92 Å². The predicted octanol–water partition coefficient (Wildman–Crippen LogP) is 2.67. The number of phenols is 1. The Morgan fingerprint density at radius 1 is 1.15 bits per heavy atom. The largest absolute Gasteiger partial charge is 0.507 e. The lowest BCUT2D eigenvalue weighted by atomic mass is 9.94. The van der Waals surface area contributed by atoms with Gasteiger partial charge in [0.05, 0.1) is 11.9 Å². The molecule has 1 saturated heterocycles. The number of hydrogen-bond donors (Lipinski definition) is 3. The Kier molecular flexibility index (Phi) is 4.77. The van der Waals surface area contributed by atoms with E-state index in [0.717, 1.165) is 36.5 Å². The van der Waals surface area contributed by atoms with Gasteiger partial charge in [0.2, 0.25) is 0 Å². The Hall–Kier alpha value is -2.93. The third-order valence-electron chi connectivity index (χ3n) is 5.35. The number of hydrogen-bond acceptors (Lipinski definition) is 6. The second-order valence-electron chi connectivity index (χ2n) is 7.14. The van der Waals surface area contributed by atoms with Crippen LogP contribution in [0.4, 0.5) is 5.82 Å². The quantitative estimate of drug-likeness (QED) is 0.659. The molecule has 2 aromatic heterocycles. The molecule has 4 rings (SSSR count). The van der Waals surface area contributed by atoms with Crippen LogP contribution in [0.2, 0.25) is 0 Å². The molecule has 27 heavy (non-hydrogen) atoms. The fourth-order valence-corrected chi connectivity index (χ4v) is 3.74. The van der Waals surface area contributed by atoms with E-state index in [-0.39, 0.29) is 5.75 Å². The fraction of sp³-hybridized carbons (Fsp3) is 0.350. The molecule has 1 aromatic carbocycles. The van der Waals surface area contributed by atoms with Gasteiger partial charge in [-0.15, -0.1) is 10.2 Å². The lowest BCUT2D eigenvalue weighted by Crippen LogP contribution is -2.47. The summed E-state index contributed by atoms with van der Waals surface area (Å²) in [4.78, 5) is 2.21. The third-order valence-corrected chi connectivity index (χ3v) is 5.35. The lowest BCUT2D eigenvalue weighted by Gasteiger charge is -2.37. The molecule has 140 valence electrons. The fourth-order valence-electron chi connectivity index (χ4n) is 3.74. The van der Waals surface area contributed by atoms with Gasteiger partial charge in [-0.05, 0) is 55.3 Å². The van der Waals surface area contributed by atoms with Crippen molar-refractivity contribution in [2.75, 3.05) is 25.0 Å². The van der Waals surface area contributed by atoms with Crippen LogP contribution >= 0.6 is 0 Å². The van der Waals surface area contributed by atoms with Crippen LogP contribution in [0.25, 0.3) is 22.4 Å². The van der Waals surface area contributed by atoms with Gasteiger partial charge < -0.3 is 15.3 Å². The smallest absolute Gasteiger partial charge is 0.151 e. The van der Waals surface area contributed by atoms with Crippen LogP contribution in [-0.4, -0.2) is 51.7 Å². The van der Waals surface area contributed by atoms with Crippen molar-refractivity contribution in [3.8, 4) is 28.1 Å². The Bertz CT molecular complexity index is 893. The standard InChI is InChI=1S/C20H24N6O/c1-13-10-21-8-7-18(13)26(2)20-6-5-17(24-25-20)16-4-3-14(9-19(16)27)15-11-22-23-12-15/h3-6,9,11-13,18,21,27H,7-8,10H2,1-2H3,(H,22,23)/t13-,18-/m1/s1. The molecule has 0 saturated carbocycles. The molecule has 1 fully saturated rings. The Morgan fingerprint density at radius 3 is 2.70 bits per heavy atom. The van der Waals surface area contributed by atoms with E-state index in [2.05, 4.69) is 44.6 Å². The minimum Gasteiger partial charge on any atom is -0.507 e. The highest BCUT2D eigenvalue weighted by molar-refractivity contribution is 5.73. The first kappa shape index (κ1) is 17.5. The van der Waals surface area contributed by atoms with Crippen molar-refractivity contribution < 1.29 is 5.11 Å². The first-order valence-electron chi connectivity index (χ1n) is 9.23. The molecule has 0 bridgehead atoms. The average molecular weight is 364 g/mol. The number of phenolic OH excluding ortho intramolecular Hbond substituents is 1. The minimum absolute atomic E-state index is 0.177. The molecule has 3 N–H and O–H groups in total. The van der Waals surface area contributed by atoms with E-state index in [1.807, 2.05) is 24.3 Å². The van der Waals surface area contributed by atoms with Gasteiger partial charge in [0.15, 0.2) is 5.82 Å². The van der Waals surface area contributed by atoms with Crippen LogP contribution in [0.3, 0.4) is 0 Å². The molecule has 0 amide bonds. The third kappa shape index (κ3) is 3.50. The summed E-state index contributed by atoms with van der Waals surface area (Å²) in [5, 5.41) is 29.4. The second kappa shape index (κ2) is 7.36. The maximum Gasteiger partial charge on any atom is 0.151 e. The summed E-state index contributed by atoms with van der Waals surface area (Å²) in [5.74, 6) is 1.59. The Labute approximate surface area is 158 Å². The topological polar surface area (TPSA) is 90.0 Å². The van der Waals surface area contributed by atoms with Crippen molar-refractivity contribution in [1.82, 2.24) is 25.7 Å². The van der Waals surface area contributed by atoms with E-state index >= 15 is 0 Å². The van der Waals surface area contributed by atoms with Crippen molar-refractivity contribution in [2.45, 2.75) is 19.4 Å². The maximum atomic E-state index is 10.4. The van der Waals surface area contributed by atoms with Crippen LogP contribution in [0, 0.1) is 5.92 Å². The van der Waals surface area contributed by atoms with Crippen molar-refractivity contribution in [1.29, 1.82) is 0 Å². The normalized spacial score (nSPS) is 19.8. The highest BCUT2D eigenvalue weighted by Gasteiger charge is 2.25. The summed E-state index contributed by atoms with van der Waals surface area (Å²) < 4.78 is 0. The summed E-state index contributed by atoms with van der Waals surface area (Å²) in [6.07, 6.45) is 4.61. The van der Waals surface area contributed by atoms with Gasteiger partial charge in [0.25, 0.3) is 0 Å². The molecule has 7 nitrogen and oxygen atoms in total. The zero-order valence-corrected chi connectivity index (χ0v) is 15.6. The summed E-state index contributed by atoms with van der Waals surface area (Å²) in [5.41, 5.74) is 3.14. The molecule has 0 aliphatic carbocycles. The van der Waals surface area contributed by atoms with E-state index in [9.17, 15) is 5.11 Å². The van der Waals surface area contributed by atoms with Gasteiger partial charge in [-0.25, -0.2) is 0 Å². The van der Waals surface area contributed by atoms with Gasteiger partial charge in [-0.3, -0.25) is 5.10 Å². The predicted molar refractivity (Wildman–Crippen MR) is 106 cm³/mol. The van der Waals surface area contributed by atoms with Crippen LogP contribution < -0.4 is 10.2 Å². The minimum atomic E-state index is 0.177. The van der Waals surface area contributed by atoms with E-state index in [1.54, 1.807) is 18.5 Å². The zero-order valence-electron chi connectivity index (χ0n) is 15.6. The molecule has 0 unspecified atom stereocenters. The van der Waals surface area contributed by atoms with Crippen molar-refractivity contribution in [3.05, 3.63) is 42.7 Å². The number of H-pyrrole nitrogens is 1. The molecule has 0 spiro atoms. The van der Waals surface area contributed by atoms with Crippen molar-refractivity contribution >= 4 is 5.82 Å². The van der Waals surface area contributed by atoms with E-state index in [1.165, 1.54) is 0 Å².